The monoisotopic (exact) mass is 377 g/mol. The van der Waals surface area contributed by atoms with Crippen molar-refractivity contribution < 1.29 is 0 Å². The number of aromatic nitrogens is 1. The molecule has 2 aromatic rings. The Morgan fingerprint density at radius 3 is 2.82 bits per heavy atom. The minimum atomic E-state index is 0. The fourth-order valence-electron chi connectivity index (χ4n) is 2.62. The summed E-state index contributed by atoms with van der Waals surface area (Å²) < 4.78 is 0. The standard InChI is InChI=1S/C15H17Cl2N3S.ClH/c1-9-5-20(6-13(9)18)7-15-19-14(8-21-15)11-4-10(16)2-3-12(11)17;/h2-4,8-9,13H,5-7,18H2,1H3;1H. The predicted octanol–water partition coefficient (Wildman–Crippen LogP) is 4.32. The molecular weight excluding hydrogens is 361 g/mol. The Kier molecular flexibility index (Phi) is 6.11. The summed E-state index contributed by atoms with van der Waals surface area (Å²) in [6.07, 6.45) is 0. The van der Waals surface area contributed by atoms with Crippen LogP contribution >= 0.6 is 46.9 Å². The molecule has 120 valence electrons. The van der Waals surface area contributed by atoms with E-state index in [1.54, 1.807) is 23.5 Å². The first-order valence-corrected chi connectivity index (χ1v) is 8.54. The minimum Gasteiger partial charge on any atom is -0.326 e. The van der Waals surface area contributed by atoms with Gasteiger partial charge < -0.3 is 5.73 Å². The van der Waals surface area contributed by atoms with E-state index in [0.29, 0.717) is 16.0 Å². The lowest BCUT2D eigenvalue weighted by Crippen LogP contribution is -2.28. The highest BCUT2D eigenvalue weighted by Gasteiger charge is 2.27. The first kappa shape index (κ1) is 18.0. The van der Waals surface area contributed by atoms with E-state index in [0.717, 1.165) is 35.9 Å². The first-order chi connectivity index (χ1) is 10.0. The van der Waals surface area contributed by atoms with E-state index in [9.17, 15) is 0 Å². The van der Waals surface area contributed by atoms with E-state index in [1.165, 1.54) is 0 Å². The molecule has 1 aliphatic heterocycles. The molecule has 1 aromatic heterocycles. The van der Waals surface area contributed by atoms with Gasteiger partial charge in [0, 0.05) is 35.1 Å². The summed E-state index contributed by atoms with van der Waals surface area (Å²) in [7, 11) is 0. The summed E-state index contributed by atoms with van der Waals surface area (Å²) in [5.74, 6) is 0.548. The number of thiazole rings is 1. The Morgan fingerprint density at radius 1 is 1.36 bits per heavy atom. The summed E-state index contributed by atoms with van der Waals surface area (Å²) in [4.78, 5) is 7.05. The van der Waals surface area contributed by atoms with E-state index < -0.39 is 0 Å². The predicted molar refractivity (Wildman–Crippen MR) is 97.2 cm³/mol. The van der Waals surface area contributed by atoms with Gasteiger partial charge in [0.25, 0.3) is 0 Å². The molecule has 0 radical (unpaired) electrons. The lowest BCUT2D eigenvalue weighted by atomic mass is 10.1. The molecule has 1 saturated heterocycles. The van der Waals surface area contributed by atoms with Gasteiger partial charge in [-0.3, -0.25) is 4.90 Å². The van der Waals surface area contributed by atoms with Crippen LogP contribution in [0, 0.1) is 5.92 Å². The molecule has 0 bridgehead atoms. The molecule has 2 heterocycles. The number of likely N-dealkylation sites (tertiary alicyclic amines) is 1. The van der Waals surface area contributed by atoms with Crippen molar-refractivity contribution in [2.75, 3.05) is 13.1 Å². The average Bonchev–Trinajstić information content (AvgIpc) is 3.01. The van der Waals surface area contributed by atoms with Gasteiger partial charge in [0.1, 0.15) is 5.01 Å². The van der Waals surface area contributed by atoms with Gasteiger partial charge in [-0.2, -0.15) is 0 Å². The largest absolute Gasteiger partial charge is 0.326 e. The third-order valence-corrected chi connectivity index (χ3v) is 5.26. The van der Waals surface area contributed by atoms with Gasteiger partial charge >= 0.3 is 0 Å². The molecule has 0 aliphatic carbocycles. The summed E-state index contributed by atoms with van der Waals surface area (Å²) in [5.41, 5.74) is 7.84. The molecule has 3 nitrogen and oxygen atoms in total. The lowest BCUT2D eigenvalue weighted by molar-refractivity contribution is 0.318. The molecule has 0 saturated carbocycles. The number of hydrogen-bond acceptors (Lipinski definition) is 4. The van der Waals surface area contributed by atoms with Crippen LogP contribution in [0.4, 0.5) is 0 Å². The highest BCUT2D eigenvalue weighted by molar-refractivity contribution is 7.09. The molecule has 7 heteroatoms. The second-order valence-electron chi connectivity index (χ2n) is 5.59. The molecule has 2 N–H and O–H groups in total. The number of benzene rings is 1. The third kappa shape index (κ3) is 3.94. The summed E-state index contributed by atoms with van der Waals surface area (Å²) in [6.45, 7) is 5.02. The second kappa shape index (κ2) is 7.47. The Labute approximate surface area is 150 Å². The van der Waals surface area contributed by atoms with Crippen LogP contribution in [-0.2, 0) is 6.54 Å². The topological polar surface area (TPSA) is 42.2 Å². The van der Waals surface area contributed by atoms with Crippen molar-refractivity contribution in [3.8, 4) is 11.3 Å². The third-order valence-electron chi connectivity index (χ3n) is 3.86. The second-order valence-corrected chi connectivity index (χ2v) is 7.37. The Hall–Kier alpha value is -0.360. The Balaban J connectivity index is 0.00000176. The highest BCUT2D eigenvalue weighted by atomic mass is 35.5. The normalized spacial score (nSPS) is 21.8. The van der Waals surface area contributed by atoms with E-state index in [4.69, 9.17) is 28.9 Å². The highest BCUT2D eigenvalue weighted by Crippen LogP contribution is 2.31. The quantitative estimate of drug-likeness (QED) is 0.865. The van der Waals surface area contributed by atoms with Crippen LogP contribution in [0.1, 0.15) is 11.9 Å². The van der Waals surface area contributed by atoms with Gasteiger partial charge in [-0.15, -0.1) is 23.7 Å². The minimum absolute atomic E-state index is 0. The molecule has 1 fully saturated rings. The van der Waals surface area contributed by atoms with Gasteiger partial charge in [0.2, 0.25) is 0 Å². The zero-order valence-electron chi connectivity index (χ0n) is 12.1. The van der Waals surface area contributed by atoms with Crippen LogP contribution in [0.25, 0.3) is 11.3 Å². The van der Waals surface area contributed by atoms with E-state index in [-0.39, 0.29) is 18.4 Å². The summed E-state index contributed by atoms with van der Waals surface area (Å²) >= 11 is 13.9. The number of halogens is 3. The fraction of sp³-hybridized carbons (Fsp3) is 0.400. The van der Waals surface area contributed by atoms with Crippen molar-refractivity contribution in [2.24, 2.45) is 11.7 Å². The van der Waals surface area contributed by atoms with Gasteiger partial charge in [-0.05, 0) is 24.1 Å². The lowest BCUT2D eigenvalue weighted by Gasteiger charge is -2.12. The molecule has 0 amide bonds. The van der Waals surface area contributed by atoms with Crippen LogP contribution in [0.5, 0.6) is 0 Å². The van der Waals surface area contributed by atoms with Crippen LogP contribution < -0.4 is 5.73 Å². The van der Waals surface area contributed by atoms with Crippen LogP contribution in [0.15, 0.2) is 23.6 Å². The molecule has 1 aromatic carbocycles. The van der Waals surface area contributed by atoms with Gasteiger partial charge in [0.05, 0.1) is 17.3 Å². The van der Waals surface area contributed by atoms with Crippen molar-refractivity contribution in [1.82, 2.24) is 9.88 Å². The van der Waals surface area contributed by atoms with Crippen LogP contribution in [0.3, 0.4) is 0 Å². The zero-order chi connectivity index (χ0) is 15.0. The molecule has 1 aliphatic rings. The average molecular weight is 379 g/mol. The van der Waals surface area contributed by atoms with Crippen molar-refractivity contribution in [3.63, 3.8) is 0 Å². The SMILES string of the molecule is CC1CN(Cc2nc(-c3cc(Cl)ccc3Cl)cs2)CC1N.Cl. The number of nitrogens with zero attached hydrogens (tertiary/aromatic N) is 2. The van der Waals surface area contributed by atoms with Crippen LogP contribution in [-0.4, -0.2) is 29.0 Å². The van der Waals surface area contributed by atoms with E-state index >= 15 is 0 Å². The van der Waals surface area contributed by atoms with Crippen molar-refractivity contribution in [3.05, 3.63) is 38.6 Å². The van der Waals surface area contributed by atoms with E-state index in [1.807, 2.05) is 11.4 Å². The molecule has 22 heavy (non-hydrogen) atoms. The Bertz CT molecular complexity index is 637. The summed E-state index contributed by atoms with van der Waals surface area (Å²) in [5, 5.41) is 4.46. The molecule has 3 rings (SSSR count). The van der Waals surface area contributed by atoms with Gasteiger partial charge in [0.15, 0.2) is 0 Å². The van der Waals surface area contributed by atoms with Gasteiger partial charge in [-0.25, -0.2) is 4.98 Å². The molecule has 0 spiro atoms. The van der Waals surface area contributed by atoms with Crippen molar-refractivity contribution >= 4 is 46.9 Å². The van der Waals surface area contributed by atoms with Crippen molar-refractivity contribution in [2.45, 2.75) is 19.5 Å². The number of rotatable bonds is 3. The molecular formula is C15H18Cl3N3S. The van der Waals surface area contributed by atoms with E-state index in [2.05, 4.69) is 16.8 Å². The maximum Gasteiger partial charge on any atom is 0.107 e. The molecule has 2 atom stereocenters. The van der Waals surface area contributed by atoms with Gasteiger partial charge in [-0.1, -0.05) is 30.1 Å². The zero-order valence-corrected chi connectivity index (χ0v) is 15.3. The number of nitrogens with two attached hydrogens (primary N) is 1. The first-order valence-electron chi connectivity index (χ1n) is 6.90. The maximum atomic E-state index is 6.23. The smallest absolute Gasteiger partial charge is 0.107 e. The fourth-order valence-corrected chi connectivity index (χ4v) is 3.84. The summed E-state index contributed by atoms with van der Waals surface area (Å²) in [6, 6.07) is 5.72. The maximum absolute atomic E-state index is 6.23. The van der Waals surface area contributed by atoms with Crippen LogP contribution in [0.2, 0.25) is 10.0 Å². The number of hydrogen-bond donors (Lipinski definition) is 1. The Morgan fingerprint density at radius 2 is 2.14 bits per heavy atom. The van der Waals surface area contributed by atoms with Crippen molar-refractivity contribution in [1.29, 1.82) is 0 Å². The molecule has 2 unspecified atom stereocenters.